The van der Waals surface area contributed by atoms with Gasteiger partial charge in [0.05, 0.1) is 17.0 Å². The van der Waals surface area contributed by atoms with Gasteiger partial charge in [0.25, 0.3) is 5.56 Å². The fraction of sp³-hybridized carbons (Fsp3) is 0.500. The van der Waals surface area contributed by atoms with E-state index in [4.69, 9.17) is 0 Å². The Bertz CT molecular complexity index is 374. The molecule has 1 aromatic rings. The highest BCUT2D eigenvalue weighted by Gasteiger charge is 2.15. The molecule has 1 aromatic heterocycles. The highest BCUT2D eigenvalue weighted by Crippen LogP contribution is 2.09. The molecule has 0 saturated carbocycles. The number of rotatable bonds is 2. The Balaban J connectivity index is 2.44. The molecule has 0 radical (unpaired) electrons. The highest BCUT2D eigenvalue weighted by atomic mass is 32.2. The van der Waals surface area contributed by atoms with Crippen LogP contribution in [0.5, 0.6) is 0 Å². The van der Waals surface area contributed by atoms with E-state index in [1.807, 2.05) is 6.26 Å². The molecule has 2 heterocycles. The van der Waals surface area contributed by atoms with E-state index in [0.29, 0.717) is 6.54 Å². The van der Waals surface area contributed by atoms with Crippen LogP contribution in [-0.2, 0) is 18.8 Å². The zero-order chi connectivity index (χ0) is 9.26. The van der Waals surface area contributed by atoms with Crippen molar-refractivity contribution < 1.29 is 0 Å². The molecule has 4 nitrogen and oxygen atoms in total. The third-order valence-electron chi connectivity index (χ3n) is 2.03. The maximum Gasteiger partial charge on any atom is 0.255 e. The minimum absolute atomic E-state index is 0.0130. The first-order chi connectivity index (χ1) is 6.31. The second-order valence-electron chi connectivity index (χ2n) is 2.97. The Morgan fingerprint density at radius 3 is 3.15 bits per heavy atom. The van der Waals surface area contributed by atoms with Crippen LogP contribution < -0.4 is 10.9 Å². The van der Waals surface area contributed by atoms with Crippen LogP contribution in [0.1, 0.15) is 17.1 Å². The molecule has 0 bridgehead atoms. The van der Waals surface area contributed by atoms with E-state index in [-0.39, 0.29) is 5.56 Å². The van der Waals surface area contributed by atoms with Crippen molar-refractivity contribution in [2.24, 2.45) is 0 Å². The van der Waals surface area contributed by atoms with E-state index < -0.39 is 0 Å². The van der Waals surface area contributed by atoms with Gasteiger partial charge in [0, 0.05) is 13.1 Å². The number of aromatic nitrogens is 2. The van der Waals surface area contributed by atoms with E-state index >= 15 is 0 Å². The Kier molecular flexibility index (Phi) is 2.37. The molecule has 0 aromatic carbocycles. The topological polar surface area (TPSA) is 57.8 Å². The number of nitrogens with zero attached hydrogens (tertiary/aromatic N) is 1. The molecule has 0 spiro atoms. The van der Waals surface area contributed by atoms with Gasteiger partial charge >= 0.3 is 0 Å². The first-order valence-electron chi connectivity index (χ1n) is 4.12. The quantitative estimate of drug-likeness (QED) is 0.713. The molecular formula is C8H11N3OS. The standard InChI is InChI=1S/C8H11N3OS/c1-13-4-7-10-6-3-9-2-5(6)8(12)11-7/h9H,2-4H2,1H3,(H,10,11,12). The Morgan fingerprint density at radius 2 is 2.38 bits per heavy atom. The van der Waals surface area contributed by atoms with Crippen LogP contribution >= 0.6 is 11.8 Å². The summed E-state index contributed by atoms with van der Waals surface area (Å²) in [6.07, 6.45) is 1.99. The van der Waals surface area contributed by atoms with E-state index in [1.165, 1.54) is 0 Å². The lowest BCUT2D eigenvalue weighted by atomic mass is 10.3. The third kappa shape index (κ3) is 1.62. The van der Waals surface area contributed by atoms with Gasteiger partial charge in [-0.05, 0) is 6.26 Å². The van der Waals surface area contributed by atoms with E-state index in [2.05, 4.69) is 15.3 Å². The molecule has 13 heavy (non-hydrogen) atoms. The molecule has 2 rings (SSSR count). The lowest BCUT2D eigenvalue weighted by Crippen LogP contribution is -2.16. The van der Waals surface area contributed by atoms with E-state index in [1.54, 1.807) is 11.8 Å². The zero-order valence-electron chi connectivity index (χ0n) is 7.39. The van der Waals surface area contributed by atoms with Crippen molar-refractivity contribution in [3.8, 4) is 0 Å². The first-order valence-corrected chi connectivity index (χ1v) is 5.51. The molecule has 1 aliphatic heterocycles. The van der Waals surface area contributed by atoms with Crippen LogP contribution in [0.2, 0.25) is 0 Å². The number of aromatic amines is 1. The van der Waals surface area contributed by atoms with Gasteiger partial charge in [-0.15, -0.1) is 0 Å². The van der Waals surface area contributed by atoms with Crippen LogP contribution in [0.4, 0.5) is 0 Å². The number of thioether (sulfide) groups is 1. The summed E-state index contributed by atoms with van der Waals surface area (Å²) in [5, 5.41) is 3.11. The maximum atomic E-state index is 11.5. The molecule has 0 amide bonds. The van der Waals surface area contributed by atoms with Gasteiger partial charge in [-0.3, -0.25) is 4.79 Å². The number of H-pyrrole nitrogens is 1. The van der Waals surface area contributed by atoms with Crippen LogP contribution in [0, 0.1) is 0 Å². The SMILES string of the molecule is CSCc1nc2c(c(=O)[nH]1)CNC2. The predicted octanol–water partition coefficient (Wildman–Crippen LogP) is 0.236. The molecule has 2 N–H and O–H groups in total. The largest absolute Gasteiger partial charge is 0.310 e. The van der Waals surface area contributed by atoms with Crippen molar-refractivity contribution in [1.29, 1.82) is 0 Å². The summed E-state index contributed by atoms with van der Waals surface area (Å²) in [6, 6.07) is 0. The van der Waals surface area contributed by atoms with Gasteiger partial charge in [0.2, 0.25) is 0 Å². The zero-order valence-corrected chi connectivity index (χ0v) is 8.20. The van der Waals surface area contributed by atoms with Crippen molar-refractivity contribution in [2.75, 3.05) is 6.26 Å². The maximum absolute atomic E-state index is 11.5. The van der Waals surface area contributed by atoms with Crippen molar-refractivity contribution >= 4 is 11.8 Å². The summed E-state index contributed by atoms with van der Waals surface area (Å²) < 4.78 is 0. The predicted molar refractivity (Wildman–Crippen MR) is 52.6 cm³/mol. The Labute approximate surface area is 80.2 Å². The average molecular weight is 197 g/mol. The fourth-order valence-corrected chi connectivity index (χ4v) is 1.85. The molecule has 1 aliphatic rings. The van der Waals surface area contributed by atoms with Crippen LogP contribution in [0.25, 0.3) is 0 Å². The highest BCUT2D eigenvalue weighted by molar-refractivity contribution is 7.97. The van der Waals surface area contributed by atoms with Crippen LogP contribution in [0.3, 0.4) is 0 Å². The van der Waals surface area contributed by atoms with Crippen molar-refractivity contribution in [3.63, 3.8) is 0 Å². The number of hydrogen-bond donors (Lipinski definition) is 2. The molecule has 70 valence electrons. The molecule has 0 fully saturated rings. The Morgan fingerprint density at radius 1 is 1.54 bits per heavy atom. The lowest BCUT2D eigenvalue weighted by molar-refractivity contribution is 0.756. The number of hydrogen-bond acceptors (Lipinski definition) is 4. The molecule has 0 saturated heterocycles. The van der Waals surface area contributed by atoms with Crippen molar-refractivity contribution in [1.82, 2.24) is 15.3 Å². The first kappa shape index (κ1) is 8.77. The fourth-order valence-electron chi connectivity index (χ4n) is 1.44. The normalized spacial score (nSPS) is 14.5. The molecule has 0 unspecified atom stereocenters. The summed E-state index contributed by atoms with van der Waals surface area (Å²) in [4.78, 5) is 18.6. The summed E-state index contributed by atoms with van der Waals surface area (Å²) in [6.45, 7) is 1.37. The molecule has 5 heteroatoms. The van der Waals surface area contributed by atoms with Gasteiger partial charge in [0.1, 0.15) is 5.82 Å². The van der Waals surface area contributed by atoms with Gasteiger partial charge in [0.15, 0.2) is 0 Å². The summed E-state index contributed by atoms with van der Waals surface area (Å²) in [5.41, 5.74) is 1.72. The van der Waals surface area contributed by atoms with Crippen LogP contribution in [-0.4, -0.2) is 16.2 Å². The van der Waals surface area contributed by atoms with Gasteiger partial charge in [-0.2, -0.15) is 11.8 Å². The summed E-state index contributed by atoms with van der Waals surface area (Å²) in [7, 11) is 0. The van der Waals surface area contributed by atoms with Gasteiger partial charge < -0.3 is 10.3 Å². The minimum atomic E-state index is 0.0130. The molecule has 0 atom stereocenters. The van der Waals surface area contributed by atoms with Crippen LogP contribution in [0.15, 0.2) is 4.79 Å². The molecule has 0 aliphatic carbocycles. The minimum Gasteiger partial charge on any atom is -0.310 e. The van der Waals surface area contributed by atoms with E-state index in [0.717, 1.165) is 29.4 Å². The number of fused-ring (bicyclic) bond motifs is 1. The monoisotopic (exact) mass is 197 g/mol. The number of nitrogens with one attached hydrogen (secondary N) is 2. The molecular weight excluding hydrogens is 186 g/mol. The van der Waals surface area contributed by atoms with Crippen molar-refractivity contribution in [2.45, 2.75) is 18.8 Å². The van der Waals surface area contributed by atoms with Crippen molar-refractivity contribution in [3.05, 3.63) is 27.4 Å². The summed E-state index contributed by atoms with van der Waals surface area (Å²) >= 11 is 1.66. The second kappa shape index (κ2) is 3.51. The summed E-state index contributed by atoms with van der Waals surface area (Å²) in [5.74, 6) is 1.54. The Hall–Kier alpha value is -0.810. The average Bonchev–Trinajstić information content (AvgIpc) is 2.53. The smallest absolute Gasteiger partial charge is 0.255 e. The van der Waals surface area contributed by atoms with Gasteiger partial charge in [-0.1, -0.05) is 0 Å². The second-order valence-corrected chi connectivity index (χ2v) is 3.84. The lowest BCUT2D eigenvalue weighted by Gasteiger charge is -2.00. The van der Waals surface area contributed by atoms with Gasteiger partial charge in [-0.25, -0.2) is 4.98 Å². The third-order valence-corrected chi connectivity index (χ3v) is 2.59. The van der Waals surface area contributed by atoms with E-state index in [9.17, 15) is 4.79 Å².